The summed E-state index contributed by atoms with van der Waals surface area (Å²) >= 11 is 0. The van der Waals surface area contributed by atoms with E-state index >= 15 is 0 Å². The SMILES string of the molecule is Cl.O[C@@H]1CNCC[C@H]1c1ccccc1. The van der Waals surface area contributed by atoms with Crippen LogP contribution in [0.1, 0.15) is 17.9 Å². The van der Waals surface area contributed by atoms with Crippen molar-refractivity contribution in [2.24, 2.45) is 0 Å². The average Bonchev–Trinajstić information content (AvgIpc) is 2.20. The summed E-state index contributed by atoms with van der Waals surface area (Å²) < 4.78 is 0. The summed E-state index contributed by atoms with van der Waals surface area (Å²) in [5, 5.41) is 12.9. The third-order valence-corrected chi connectivity index (χ3v) is 2.68. The summed E-state index contributed by atoms with van der Waals surface area (Å²) in [4.78, 5) is 0. The van der Waals surface area contributed by atoms with Gasteiger partial charge in [-0.3, -0.25) is 0 Å². The Kier molecular flexibility index (Phi) is 4.39. The van der Waals surface area contributed by atoms with E-state index in [0.717, 1.165) is 19.5 Å². The van der Waals surface area contributed by atoms with E-state index in [4.69, 9.17) is 0 Å². The van der Waals surface area contributed by atoms with Gasteiger partial charge in [0.05, 0.1) is 6.10 Å². The largest absolute Gasteiger partial charge is 0.391 e. The van der Waals surface area contributed by atoms with Gasteiger partial charge in [-0.1, -0.05) is 30.3 Å². The highest BCUT2D eigenvalue weighted by Crippen LogP contribution is 2.24. The van der Waals surface area contributed by atoms with Crippen LogP contribution in [0.2, 0.25) is 0 Å². The quantitative estimate of drug-likeness (QED) is 0.742. The van der Waals surface area contributed by atoms with Gasteiger partial charge in [0.1, 0.15) is 0 Å². The van der Waals surface area contributed by atoms with Crippen LogP contribution in [0, 0.1) is 0 Å². The lowest BCUT2D eigenvalue weighted by molar-refractivity contribution is 0.118. The number of β-amino-alcohol motifs (C(OH)–C–C–N with tert-alkyl or cyclic N) is 1. The van der Waals surface area contributed by atoms with E-state index < -0.39 is 0 Å². The Balaban J connectivity index is 0.000000980. The molecule has 2 atom stereocenters. The summed E-state index contributed by atoms with van der Waals surface area (Å²) in [6, 6.07) is 10.3. The zero-order chi connectivity index (χ0) is 9.10. The van der Waals surface area contributed by atoms with Gasteiger partial charge in [-0.25, -0.2) is 0 Å². The summed E-state index contributed by atoms with van der Waals surface area (Å²) in [6.45, 7) is 1.73. The molecule has 1 aliphatic heterocycles. The average molecular weight is 214 g/mol. The Labute approximate surface area is 90.7 Å². The minimum absolute atomic E-state index is 0. The summed E-state index contributed by atoms with van der Waals surface area (Å²) in [5.74, 6) is 0.322. The number of benzene rings is 1. The van der Waals surface area contributed by atoms with E-state index in [0.29, 0.717) is 5.92 Å². The van der Waals surface area contributed by atoms with Crippen LogP contribution in [0.3, 0.4) is 0 Å². The van der Waals surface area contributed by atoms with Gasteiger partial charge < -0.3 is 10.4 Å². The monoisotopic (exact) mass is 213 g/mol. The molecule has 1 heterocycles. The van der Waals surface area contributed by atoms with E-state index in [1.54, 1.807) is 0 Å². The van der Waals surface area contributed by atoms with Crippen molar-refractivity contribution in [1.82, 2.24) is 5.32 Å². The molecule has 0 radical (unpaired) electrons. The molecule has 0 unspecified atom stereocenters. The van der Waals surface area contributed by atoms with Gasteiger partial charge in [-0.05, 0) is 18.5 Å². The van der Waals surface area contributed by atoms with Crippen molar-refractivity contribution < 1.29 is 5.11 Å². The Morgan fingerprint density at radius 1 is 1.21 bits per heavy atom. The summed E-state index contributed by atoms with van der Waals surface area (Å²) in [7, 11) is 0. The minimum Gasteiger partial charge on any atom is -0.391 e. The van der Waals surface area contributed by atoms with Gasteiger partial charge in [0.25, 0.3) is 0 Å². The zero-order valence-corrected chi connectivity index (χ0v) is 8.83. The van der Waals surface area contributed by atoms with Crippen LogP contribution in [-0.2, 0) is 0 Å². The smallest absolute Gasteiger partial charge is 0.0733 e. The van der Waals surface area contributed by atoms with Crippen LogP contribution in [0.5, 0.6) is 0 Å². The number of hydrogen-bond donors (Lipinski definition) is 2. The van der Waals surface area contributed by atoms with Crippen LogP contribution >= 0.6 is 12.4 Å². The Morgan fingerprint density at radius 2 is 1.93 bits per heavy atom. The topological polar surface area (TPSA) is 32.3 Å². The maximum atomic E-state index is 9.76. The number of halogens is 1. The van der Waals surface area contributed by atoms with Crippen molar-refractivity contribution in [3.8, 4) is 0 Å². The molecule has 0 bridgehead atoms. The second-order valence-corrected chi connectivity index (χ2v) is 3.58. The molecule has 1 aromatic rings. The fourth-order valence-electron chi connectivity index (χ4n) is 1.93. The molecule has 1 aliphatic rings. The molecule has 1 fully saturated rings. The molecule has 14 heavy (non-hydrogen) atoms. The Morgan fingerprint density at radius 3 is 2.57 bits per heavy atom. The lowest BCUT2D eigenvalue weighted by atomic mass is 9.88. The molecule has 78 valence electrons. The van der Waals surface area contributed by atoms with Gasteiger partial charge in [0, 0.05) is 12.5 Å². The first-order valence-corrected chi connectivity index (χ1v) is 4.81. The molecular formula is C11H16ClNO. The Hall–Kier alpha value is -0.570. The van der Waals surface area contributed by atoms with Gasteiger partial charge in [-0.15, -0.1) is 12.4 Å². The number of aliphatic hydroxyl groups is 1. The fourth-order valence-corrected chi connectivity index (χ4v) is 1.93. The van der Waals surface area contributed by atoms with E-state index in [1.807, 2.05) is 18.2 Å². The number of nitrogens with one attached hydrogen (secondary N) is 1. The highest BCUT2D eigenvalue weighted by atomic mass is 35.5. The predicted octanol–water partition coefficient (Wildman–Crippen LogP) is 1.55. The Bertz CT molecular complexity index is 265. The molecule has 1 aromatic carbocycles. The number of piperidine rings is 1. The number of rotatable bonds is 1. The van der Waals surface area contributed by atoms with Crippen LogP contribution in [0.25, 0.3) is 0 Å². The van der Waals surface area contributed by atoms with Crippen molar-refractivity contribution in [2.75, 3.05) is 13.1 Å². The lowest BCUT2D eigenvalue weighted by Crippen LogP contribution is -2.39. The highest BCUT2D eigenvalue weighted by molar-refractivity contribution is 5.85. The normalized spacial score (nSPS) is 26.6. The molecule has 0 aliphatic carbocycles. The first kappa shape index (κ1) is 11.5. The van der Waals surface area contributed by atoms with E-state index in [1.165, 1.54) is 5.56 Å². The highest BCUT2D eigenvalue weighted by Gasteiger charge is 2.23. The number of aliphatic hydroxyl groups excluding tert-OH is 1. The third-order valence-electron chi connectivity index (χ3n) is 2.68. The minimum atomic E-state index is -0.226. The first-order valence-electron chi connectivity index (χ1n) is 4.81. The molecule has 0 spiro atoms. The number of hydrogen-bond acceptors (Lipinski definition) is 2. The standard InChI is InChI=1S/C11H15NO.ClH/c13-11-8-12-7-6-10(11)9-4-2-1-3-5-9;/h1-5,10-13H,6-8H2;1H/t10-,11+;/m0./s1. The van der Waals surface area contributed by atoms with E-state index in [2.05, 4.69) is 17.4 Å². The fraction of sp³-hybridized carbons (Fsp3) is 0.455. The molecule has 2 nitrogen and oxygen atoms in total. The third kappa shape index (κ3) is 2.47. The maximum absolute atomic E-state index is 9.76. The molecule has 2 rings (SSSR count). The van der Waals surface area contributed by atoms with Gasteiger partial charge in [-0.2, -0.15) is 0 Å². The molecule has 0 aromatic heterocycles. The van der Waals surface area contributed by atoms with Gasteiger partial charge in [0.15, 0.2) is 0 Å². The van der Waals surface area contributed by atoms with Crippen LogP contribution in [0.15, 0.2) is 30.3 Å². The van der Waals surface area contributed by atoms with Crippen molar-refractivity contribution in [3.05, 3.63) is 35.9 Å². The zero-order valence-electron chi connectivity index (χ0n) is 8.02. The van der Waals surface area contributed by atoms with Crippen LogP contribution in [0.4, 0.5) is 0 Å². The van der Waals surface area contributed by atoms with Crippen molar-refractivity contribution in [1.29, 1.82) is 0 Å². The summed E-state index contributed by atoms with van der Waals surface area (Å²) in [5.41, 5.74) is 1.26. The van der Waals surface area contributed by atoms with E-state index in [-0.39, 0.29) is 18.5 Å². The van der Waals surface area contributed by atoms with Crippen molar-refractivity contribution in [3.63, 3.8) is 0 Å². The molecule has 0 amide bonds. The van der Waals surface area contributed by atoms with Crippen LogP contribution in [-0.4, -0.2) is 24.3 Å². The second kappa shape index (κ2) is 5.35. The van der Waals surface area contributed by atoms with Gasteiger partial charge in [0.2, 0.25) is 0 Å². The lowest BCUT2D eigenvalue weighted by Gasteiger charge is -2.28. The molecule has 3 heteroatoms. The molecule has 2 N–H and O–H groups in total. The predicted molar refractivity (Wildman–Crippen MR) is 59.9 cm³/mol. The van der Waals surface area contributed by atoms with E-state index in [9.17, 15) is 5.11 Å². The molecular weight excluding hydrogens is 198 g/mol. The first-order chi connectivity index (χ1) is 6.38. The van der Waals surface area contributed by atoms with Crippen molar-refractivity contribution in [2.45, 2.75) is 18.4 Å². The van der Waals surface area contributed by atoms with Crippen molar-refractivity contribution >= 4 is 12.4 Å². The summed E-state index contributed by atoms with van der Waals surface area (Å²) in [6.07, 6.45) is 0.807. The molecule has 0 saturated carbocycles. The second-order valence-electron chi connectivity index (χ2n) is 3.58. The molecule has 1 saturated heterocycles. The van der Waals surface area contributed by atoms with Gasteiger partial charge >= 0.3 is 0 Å². The van der Waals surface area contributed by atoms with Crippen LogP contribution < -0.4 is 5.32 Å². The maximum Gasteiger partial charge on any atom is 0.0733 e.